The first-order valence-electron chi connectivity index (χ1n) is 6.57. The molecule has 0 radical (unpaired) electrons. The summed E-state index contributed by atoms with van der Waals surface area (Å²) in [5.74, 6) is -0.283. The van der Waals surface area contributed by atoms with E-state index in [-0.39, 0.29) is 30.7 Å². The van der Waals surface area contributed by atoms with Crippen LogP contribution in [0, 0.1) is 5.92 Å². The number of nitrogens with two attached hydrogens (primary N) is 1. The zero-order valence-electron chi connectivity index (χ0n) is 11.6. The zero-order chi connectivity index (χ0) is 14.2. The SMILES string of the molecule is CC(C)C(C)(CN)N1C(=O)Cc2ccccc2C1=O. The summed E-state index contributed by atoms with van der Waals surface area (Å²) in [7, 11) is 0. The average Bonchev–Trinajstić information content (AvgIpc) is 2.38. The van der Waals surface area contributed by atoms with Crippen molar-refractivity contribution in [2.24, 2.45) is 11.7 Å². The molecule has 19 heavy (non-hydrogen) atoms. The molecule has 4 heteroatoms. The molecule has 0 fully saturated rings. The second-order valence-corrected chi connectivity index (χ2v) is 5.58. The van der Waals surface area contributed by atoms with Crippen molar-refractivity contribution in [1.82, 2.24) is 4.90 Å². The van der Waals surface area contributed by atoms with Crippen LogP contribution in [0.3, 0.4) is 0 Å². The Hall–Kier alpha value is -1.68. The molecular formula is C15H20N2O2. The predicted molar refractivity (Wildman–Crippen MR) is 73.6 cm³/mol. The molecule has 102 valence electrons. The van der Waals surface area contributed by atoms with Gasteiger partial charge in [-0.15, -0.1) is 0 Å². The number of imide groups is 1. The van der Waals surface area contributed by atoms with E-state index in [1.54, 1.807) is 6.07 Å². The van der Waals surface area contributed by atoms with Gasteiger partial charge in [0.15, 0.2) is 0 Å². The number of carbonyl (C=O) groups excluding carboxylic acids is 2. The van der Waals surface area contributed by atoms with Crippen molar-refractivity contribution < 1.29 is 9.59 Å². The summed E-state index contributed by atoms with van der Waals surface area (Å²) in [4.78, 5) is 26.3. The smallest absolute Gasteiger partial charge is 0.261 e. The number of carbonyl (C=O) groups is 2. The maximum absolute atomic E-state index is 12.6. The van der Waals surface area contributed by atoms with Gasteiger partial charge < -0.3 is 5.73 Å². The summed E-state index contributed by atoms with van der Waals surface area (Å²) in [6.45, 7) is 6.10. The summed E-state index contributed by atoms with van der Waals surface area (Å²) < 4.78 is 0. The van der Waals surface area contributed by atoms with E-state index in [4.69, 9.17) is 5.73 Å². The van der Waals surface area contributed by atoms with Crippen LogP contribution in [-0.2, 0) is 11.2 Å². The highest BCUT2D eigenvalue weighted by atomic mass is 16.2. The van der Waals surface area contributed by atoms with Crippen LogP contribution in [0.2, 0.25) is 0 Å². The van der Waals surface area contributed by atoms with E-state index >= 15 is 0 Å². The van der Waals surface area contributed by atoms with Crippen molar-refractivity contribution in [1.29, 1.82) is 0 Å². The second-order valence-electron chi connectivity index (χ2n) is 5.58. The van der Waals surface area contributed by atoms with Crippen molar-refractivity contribution in [2.75, 3.05) is 6.54 Å². The standard InChI is InChI=1S/C15H20N2O2/c1-10(2)15(3,9-16)17-13(18)8-11-6-4-5-7-12(11)14(17)19/h4-7,10H,8-9,16H2,1-3H3. The van der Waals surface area contributed by atoms with Crippen LogP contribution in [-0.4, -0.2) is 28.8 Å². The number of benzene rings is 1. The van der Waals surface area contributed by atoms with Crippen molar-refractivity contribution in [3.63, 3.8) is 0 Å². The van der Waals surface area contributed by atoms with Gasteiger partial charge in [0.05, 0.1) is 12.0 Å². The minimum Gasteiger partial charge on any atom is -0.328 e. The summed E-state index contributed by atoms with van der Waals surface area (Å²) in [6, 6.07) is 7.27. The quantitative estimate of drug-likeness (QED) is 0.839. The van der Waals surface area contributed by atoms with E-state index in [2.05, 4.69) is 0 Å². The Morgan fingerprint density at radius 3 is 2.53 bits per heavy atom. The van der Waals surface area contributed by atoms with E-state index < -0.39 is 5.54 Å². The second kappa shape index (κ2) is 4.78. The van der Waals surface area contributed by atoms with Crippen LogP contribution in [0.15, 0.2) is 24.3 Å². The van der Waals surface area contributed by atoms with Gasteiger partial charge in [-0.3, -0.25) is 14.5 Å². The van der Waals surface area contributed by atoms with E-state index in [9.17, 15) is 9.59 Å². The molecule has 1 aliphatic heterocycles. The minimum absolute atomic E-state index is 0.107. The fourth-order valence-electron chi connectivity index (χ4n) is 2.46. The molecule has 1 heterocycles. The Morgan fingerprint density at radius 1 is 1.32 bits per heavy atom. The lowest BCUT2D eigenvalue weighted by molar-refractivity contribution is -0.134. The lowest BCUT2D eigenvalue weighted by Crippen LogP contribution is -2.61. The Morgan fingerprint density at radius 2 is 1.95 bits per heavy atom. The minimum atomic E-state index is -0.637. The summed E-state index contributed by atoms with van der Waals surface area (Å²) >= 11 is 0. The van der Waals surface area contributed by atoms with E-state index in [0.717, 1.165) is 5.56 Å². The highest BCUT2D eigenvalue weighted by Gasteiger charge is 2.44. The summed E-state index contributed by atoms with van der Waals surface area (Å²) in [5, 5.41) is 0. The molecule has 0 bridgehead atoms. The van der Waals surface area contributed by atoms with Crippen LogP contribution < -0.4 is 5.73 Å². The maximum Gasteiger partial charge on any atom is 0.261 e. The van der Waals surface area contributed by atoms with Crippen LogP contribution in [0.5, 0.6) is 0 Å². The first kappa shape index (κ1) is 13.7. The van der Waals surface area contributed by atoms with Gasteiger partial charge in [-0.1, -0.05) is 32.0 Å². The highest BCUT2D eigenvalue weighted by molar-refractivity contribution is 6.10. The summed E-state index contributed by atoms with van der Waals surface area (Å²) in [5.41, 5.74) is 6.62. The zero-order valence-corrected chi connectivity index (χ0v) is 11.6. The van der Waals surface area contributed by atoms with Crippen molar-refractivity contribution in [3.8, 4) is 0 Å². The molecule has 0 saturated carbocycles. The van der Waals surface area contributed by atoms with Gasteiger partial charge in [0.1, 0.15) is 0 Å². The molecule has 2 amide bonds. The molecule has 0 aliphatic carbocycles. The van der Waals surface area contributed by atoms with E-state index in [1.165, 1.54) is 4.90 Å². The number of amides is 2. The van der Waals surface area contributed by atoms with Crippen molar-refractivity contribution >= 4 is 11.8 Å². The highest BCUT2D eigenvalue weighted by Crippen LogP contribution is 2.30. The normalized spacial score (nSPS) is 18.5. The Balaban J connectivity index is 2.50. The lowest BCUT2D eigenvalue weighted by Gasteiger charge is -2.44. The lowest BCUT2D eigenvalue weighted by atomic mass is 9.83. The molecule has 4 nitrogen and oxygen atoms in total. The van der Waals surface area contributed by atoms with Crippen LogP contribution in [0.4, 0.5) is 0 Å². The largest absolute Gasteiger partial charge is 0.328 e. The molecule has 0 aromatic heterocycles. The van der Waals surface area contributed by atoms with Crippen molar-refractivity contribution in [2.45, 2.75) is 32.7 Å². The monoisotopic (exact) mass is 260 g/mol. The summed E-state index contributed by atoms with van der Waals surface area (Å²) in [6.07, 6.45) is 0.268. The number of hydrogen-bond acceptors (Lipinski definition) is 3. The first-order chi connectivity index (χ1) is 8.91. The van der Waals surface area contributed by atoms with Gasteiger partial charge in [-0.25, -0.2) is 0 Å². The molecule has 1 aromatic rings. The Bertz CT molecular complexity index is 525. The van der Waals surface area contributed by atoms with Gasteiger partial charge in [0.25, 0.3) is 5.91 Å². The number of rotatable bonds is 3. The van der Waals surface area contributed by atoms with Gasteiger partial charge in [-0.2, -0.15) is 0 Å². The van der Waals surface area contributed by atoms with Crippen LogP contribution in [0.1, 0.15) is 36.7 Å². The third-order valence-electron chi connectivity index (χ3n) is 4.21. The number of nitrogens with zero attached hydrogens (tertiary/aromatic N) is 1. The third kappa shape index (κ3) is 2.06. The van der Waals surface area contributed by atoms with Crippen molar-refractivity contribution in [3.05, 3.63) is 35.4 Å². The Labute approximate surface area is 113 Å². The Kier molecular flexibility index (Phi) is 3.45. The predicted octanol–water partition coefficient (Wildman–Crippen LogP) is 1.58. The van der Waals surface area contributed by atoms with Crippen LogP contribution in [0.25, 0.3) is 0 Å². The average molecular weight is 260 g/mol. The fraction of sp³-hybridized carbons (Fsp3) is 0.467. The fourth-order valence-corrected chi connectivity index (χ4v) is 2.46. The topological polar surface area (TPSA) is 63.4 Å². The van der Waals surface area contributed by atoms with Gasteiger partial charge in [0, 0.05) is 12.1 Å². The molecule has 0 saturated heterocycles. The molecule has 0 spiro atoms. The van der Waals surface area contributed by atoms with Crippen LogP contribution >= 0.6 is 0 Å². The van der Waals surface area contributed by atoms with E-state index in [1.807, 2.05) is 39.0 Å². The van der Waals surface area contributed by atoms with Gasteiger partial charge in [0.2, 0.25) is 5.91 Å². The number of hydrogen-bond donors (Lipinski definition) is 1. The molecule has 1 atom stereocenters. The molecule has 2 rings (SSSR count). The third-order valence-corrected chi connectivity index (χ3v) is 4.21. The maximum atomic E-state index is 12.6. The molecule has 1 unspecified atom stereocenters. The molecule has 1 aromatic carbocycles. The van der Waals surface area contributed by atoms with Gasteiger partial charge in [-0.05, 0) is 24.5 Å². The molecular weight excluding hydrogens is 240 g/mol. The van der Waals surface area contributed by atoms with E-state index in [0.29, 0.717) is 5.56 Å². The number of fused-ring (bicyclic) bond motifs is 1. The van der Waals surface area contributed by atoms with Gasteiger partial charge >= 0.3 is 0 Å². The first-order valence-corrected chi connectivity index (χ1v) is 6.57. The molecule has 1 aliphatic rings. The molecule has 2 N–H and O–H groups in total.